The molecule has 0 aromatic heterocycles. The Bertz CT molecular complexity index is 1590. The molecule has 0 N–H and O–H groups in total. The Morgan fingerprint density at radius 3 is 1.16 bits per heavy atom. The van der Waals surface area contributed by atoms with Gasteiger partial charge in [0.1, 0.15) is 13.2 Å². The second-order valence-electron chi connectivity index (χ2n) is 16.8. The van der Waals surface area contributed by atoms with Crippen LogP contribution in [0.25, 0.3) is 0 Å². The van der Waals surface area contributed by atoms with Crippen molar-refractivity contribution in [3.8, 4) is 0 Å². The van der Waals surface area contributed by atoms with Gasteiger partial charge >= 0.3 is 17.9 Å². The minimum atomic E-state index is -0.846. The van der Waals surface area contributed by atoms with Gasteiger partial charge in [0.25, 0.3) is 0 Å². The van der Waals surface area contributed by atoms with E-state index in [1.165, 1.54) is 44.9 Å². The molecular formula is C62H94O6. The zero-order chi connectivity index (χ0) is 49.3. The van der Waals surface area contributed by atoms with Crippen LogP contribution in [0.5, 0.6) is 0 Å². The Morgan fingerprint density at radius 1 is 0.324 bits per heavy atom. The molecule has 1 atom stereocenters. The lowest BCUT2D eigenvalue weighted by Gasteiger charge is -2.18. The number of esters is 3. The molecule has 0 saturated carbocycles. The van der Waals surface area contributed by atoms with E-state index < -0.39 is 6.10 Å². The SMILES string of the molecule is CC\C=C/C=C\C=C/C=C\C=C\C=C/CCCCCC(=O)OC(COC(=O)CC/C=C\C/C=C\C/C=C\C/C=C\C/C=C\C/C=C\CC)COC(=O)CCCCC/C=C\CCCCCCCCC. The van der Waals surface area contributed by atoms with E-state index in [1.54, 1.807) is 0 Å². The summed E-state index contributed by atoms with van der Waals surface area (Å²) < 4.78 is 16.7. The van der Waals surface area contributed by atoms with Crippen molar-refractivity contribution in [2.45, 2.75) is 200 Å². The van der Waals surface area contributed by atoms with Crippen LogP contribution < -0.4 is 0 Å². The van der Waals surface area contributed by atoms with Crippen molar-refractivity contribution in [1.29, 1.82) is 0 Å². The highest BCUT2D eigenvalue weighted by molar-refractivity contribution is 5.71. The zero-order valence-corrected chi connectivity index (χ0v) is 43.0. The summed E-state index contributed by atoms with van der Waals surface area (Å²) in [6.45, 7) is 6.23. The van der Waals surface area contributed by atoms with Crippen molar-refractivity contribution < 1.29 is 28.6 Å². The molecule has 0 rings (SSSR count). The number of rotatable bonds is 45. The number of ether oxygens (including phenoxy) is 3. The fourth-order valence-electron chi connectivity index (χ4n) is 6.49. The summed E-state index contributed by atoms with van der Waals surface area (Å²) >= 11 is 0. The second-order valence-corrected chi connectivity index (χ2v) is 16.8. The smallest absolute Gasteiger partial charge is 0.306 e. The predicted molar refractivity (Wildman–Crippen MR) is 292 cm³/mol. The second kappa shape index (κ2) is 54.6. The summed E-state index contributed by atoms with van der Waals surface area (Å²) in [4.78, 5) is 38.0. The maximum absolute atomic E-state index is 12.8. The van der Waals surface area contributed by atoms with Gasteiger partial charge in [0.15, 0.2) is 6.10 Å². The van der Waals surface area contributed by atoms with Crippen molar-refractivity contribution in [2.75, 3.05) is 13.2 Å². The topological polar surface area (TPSA) is 78.9 Å². The molecule has 0 amide bonds. The number of carbonyl (C=O) groups excluding carboxylic acids is 3. The van der Waals surface area contributed by atoms with Crippen LogP contribution >= 0.6 is 0 Å². The van der Waals surface area contributed by atoms with Gasteiger partial charge in [-0.15, -0.1) is 0 Å². The first-order valence-electron chi connectivity index (χ1n) is 26.6. The van der Waals surface area contributed by atoms with Crippen molar-refractivity contribution in [2.24, 2.45) is 0 Å². The first-order chi connectivity index (χ1) is 33.5. The van der Waals surface area contributed by atoms with E-state index in [-0.39, 0.29) is 44.0 Å². The lowest BCUT2D eigenvalue weighted by molar-refractivity contribution is -0.166. The highest BCUT2D eigenvalue weighted by Gasteiger charge is 2.19. The summed E-state index contributed by atoms with van der Waals surface area (Å²) in [7, 11) is 0. The van der Waals surface area contributed by atoms with E-state index in [0.717, 1.165) is 96.3 Å². The fraction of sp³-hybridized carbons (Fsp3) is 0.532. The molecule has 1 unspecified atom stereocenters. The summed E-state index contributed by atoms with van der Waals surface area (Å²) in [6.07, 6.45) is 79.5. The van der Waals surface area contributed by atoms with Gasteiger partial charge in [-0.05, 0) is 103 Å². The zero-order valence-electron chi connectivity index (χ0n) is 43.0. The van der Waals surface area contributed by atoms with E-state index >= 15 is 0 Å². The highest BCUT2D eigenvalue weighted by Crippen LogP contribution is 2.12. The third-order valence-corrected chi connectivity index (χ3v) is 10.4. The molecule has 0 fully saturated rings. The molecule has 0 aliphatic heterocycles. The molecule has 68 heavy (non-hydrogen) atoms. The van der Waals surface area contributed by atoms with Crippen LogP contribution in [0.15, 0.2) is 158 Å². The lowest BCUT2D eigenvalue weighted by atomic mass is 10.1. The quantitative estimate of drug-likeness (QED) is 0.0199. The van der Waals surface area contributed by atoms with Gasteiger partial charge in [-0.25, -0.2) is 0 Å². The van der Waals surface area contributed by atoms with Gasteiger partial charge in [0.05, 0.1) is 0 Å². The number of carbonyl (C=O) groups is 3. The van der Waals surface area contributed by atoms with Gasteiger partial charge in [-0.3, -0.25) is 14.4 Å². The van der Waals surface area contributed by atoms with Crippen molar-refractivity contribution in [3.05, 3.63) is 158 Å². The normalized spacial score (nSPS) is 13.4. The van der Waals surface area contributed by atoms with Crippen LogP contribution in [0, 0.1) is 0 Å². The Balaban J connectivity index is 4.65. The maximum atomic E-state index is 12.8. The van der Waals surface area contributed by atoms with Crippen LogP contribution in [0.1, 0.15) is 194 Å². The molecule has 378 valence electrons. The van der Waals surface area contributed by atoms with Crippen molar-refractivity contribution in [3.63, 3.8) is 0 Å². The van der Waals surface area contributed by atoms with Crippen molar-refractivity contribution in [1.82, 2.24) is 0 Å². The predicted octanol–water partition coefficient (Wildman–Crippen LogP) is 17.8. The van der Waals surface area contributed by atoms with Crippen LogP contribution in [0.2, 0.25) is 0 Å². The van der Waals surface area contributed by atoms with E-state index in [4.69, 9.17) is 14.2 Å². The van der Waals surface area contributed by atoms with Gasteiger partial charge < -0.3 is 14.2 Å². The Hall–Kier alpha value is -4.97. The first-order valence-corrected chi connectivity index (χ1v) is 26.6. The monoisotopic (exact) mass is 935 g/mol. The lowest BCUT2D eigenvalue weighted by Crippen LogP contribution is -2.30. The largest absolute Gasteiger partial charge is 0.462 e. The fourth-order valence-corrected chi connectivity index (χ4v) is 6.49. The van der Waals surface area contributed by atoms with E-state index in [0.29, 0.717) is 19.3 Å². The molecule has 0 heterocycles. The van der Waals surface area contributed by atoms with Crippen molar-refractivity contribution >= 4 is 17.9 Å². The molecule has 0 radical (unpaired) electrons. The number of hydrogen-bond donors (Lipinski definition) is 0. The number of hydrogen-bond acceptors (Lipinski definition) is 6. The molecule has 6 heteroatoms. The minimum absolute atomic E-state index is 0.135. The Morgan fingerprint density at radius 2 is 0.676 bits per heavy atom. The number of allylic oxidation sites excluding steroid dienone is 26. The van der Waals surface area contributed by atoms with Crippen LogP contribution in [-0.4, -0.2) is 37.2 Å². The third kappa shape index (κ3) is 52.0. The van der Waals surface area contributed by atoms with E-state index in [2.05, 4.69) is 106 Å². The molecule has 6 nitrogen and oxygen atoms in total. The Kier molecular flexibility index (Phi) is 50.6. The molecule has 0 aliphatic carbocycles. The van der Waals surface area contributed by atoms with Gasteiger partial charge in [-0.2, -0.15) is 0 Å². The Labute approximate surface area is 416 Å². The molecule has 0 aromatic rings. The standard InChI is InChI=1S/C62H94O6/c1-4-7-10-13-16-19-22-25-28-30-31-33-34-37-40-43-46-49-52-55-61(64)67-58-59(57-66-60(63)54-51-48-45-42-39-36-27-24-21-18-15-12-9-6-3)68-62(65)56-53-50-47-44-41-38-35-32-29-26-23-20-17-14-11-8-5-2/h7-8,10-11,14,16-17,19-20,23,25-26,28-29,31-33,35-41,46,49,59H,4-6,9,12-13,15,18,21-22,24,27,30,34,42-45,47-48,50-58H2,1-3H3/b10-7-,11-8-,17-14-,19-16-,23-20-,28-25-,29-26-,33-31-,35-32+,39-36-,40-37-,41-38-,49-46-. The highest BCUT2D eigenvalue weighted by atomic mass is 16.6. The average molecular weight is 935 g/mol. The van der Waals surface area contributed by atoms with Crippen LogP contribution in [0.4, 0.5) is 0 Å². The molecular weight excluding hydrogens is 841 g/mol. The van der Waals surface area contributed by atoms with Crippen LogP contribution in [0.3, 0.4) is 0 Å². The van der Waals surface area contributed by atoms with Gasteiger partial charge in [-0.1, -0.05) is 230 Å². The van der Waals surface area contributed by atoms with Gasteiger partial charge in [0, 0.05) is 19.3 Å². The summed E-state index contributed by atoms with van der Waals surface area (Å²) in [5.41, 5.74) is 0. The summed E-state index contributed by atoms with van der Waals surface area (Å²) in [6, 6.07) is 0. The average Bonchev–Trinajstić information content (AvgIpc) is 3.34. The van der Waals surface area contributed by atoms with Crippen LogP contribution in [-0.2, 0) is 28.6 Å². The first kappa shape index (κ1) is 63.0. The van der Waals surface area contributed by atoms with Gasteiger partial charge in [0.2, 0.25) is 0 Å². The summed E-state index contributed by atoms with van der Waals surface area (Å²) in [5.74, 6) is -1.09. The number of unbranched alkanes of at least 4 members (excludes halogenated alkanes) is 13. The molecule has 0 aliphatic rings. The minimum Gasteiger partial charge on any atom is -0.462 e. The molecule has 0 aromatic carbocycles. The van der Waals surface area contributed by atoms with E-state index in [9.17, 15) is 14.4 Å². The third-order valence-electron chi connectivity index (χ3n) is 10.4. The maximum Gasteiger partial charge on any atom is 0.306 e. The molecule has 0 spiro atoms. The summed E-state index contributed by atoms with van der Waals surface area (Å²) in [5, 5.41) is 0. The molecule has 0 saturated heterocycles. The molecule has 0 bridgehead atoms. The van der Waals surface area contributed by atoms with E-state index in [1.807, 2.05) is 72.9 Å².